The van der Waals surface area contributed by atoms with Crippen LogP contribution in [0.25, 0.3) is 0 Å². The maximum atomic E-state index is 12.2. The molecule has 0 unspecified atom stereocenters. The topological polar surface area (TPSA) is 63.9 Å². The van der Waals surface area contributed by atoms with Gasteiger partial charge in [-0.2, -0.15) is 9.47 Å². The molecule has 26 heavy (non-hydrogen) atoms. The van der Waals surface area contributed by atoms with E-state index >= 15 is 0 Å². The van der Waals surface area contributed by atoms with Gasteiger partial charge in [-0.1, -0.05) is 20.8 Å². The molecule has 3 heterocycles. The van der Waals surface area contributed by atoms with Crippen LogP contribution in [0.2, 0.25) is 0 Å². The van der Waals surface area contributed by atoms with Gasteiger partial charge in [0.2, 0.25) is 5.13 Å². The van der Waals surface area contributed by atoms with Crippen LogP contribution >= 0.6 is 11.5 Å². The summed E-state index contributed by atoms with van der Waals surface area (Å²) < 4.78 is 6.18. The highest BCUT2D eigenvalue weighted by Gasteiger charge is 2.29. The first kappa shape index (κ1) is 17.6. The van der Waals surface area contributed by atoms with E-state index in [2.05, 4.69) is 35.1 Å². The van der Waals surface area contributed by atoms with Crippen molar-refractivity contribution in [1.82, 2.24) is 19.1 Å². The molecule has 0 atom stereocenters. The number of anilines is 1. The second-order valence-corrected chi connectivity index (χ2v) is 9.36. The molecule has 0 bridgehead atoms. The minimum Gasteiger partial charge on any atom is -0.347 e. The van der Waals surface area contributed by atoms with Gasteiger partial charge >= 0.3 is 0 Å². The maximum absolute atomic E-state index is 12.2. The molecule has 1 saturated heterocycles. The zero-order valence-electron chi connectivity index (χ0n) is 15.8. The summed E-state index contributed by atoms with van der Waals surface area (Å²) in [6.45, 7) is 9.05. The van der Waals surface area contributed by atoms with Crippen LogP contribution in [0.15, 0.2) is 16.9 Å². The largest absolute Gasteiger partial charge is 0.347 e. The lowest BCUT2D eigenvalue weighted by Crippen LogP contribution is -2.37. The molecule has 0 spiro atoms. The van der Waals surface area contributed by atoms with Crippen molar-refractivity contribution in [3.8, 4) is 0 Å². The van der Waals surface area contributed by atoms with E-state index in [4.69, 9.17) is 4.98 Å². The molecule has 4 rings (SSSR count). The average Bonchev–Trinajstić information content (AvgIpc) is 3.34. The normalized spacial score (nSPS) is 19.1. The van der Waals surface area contributed by atoms with Crippen LogP contribution in [-0.4, -0.2) is 32.2 Å². The van der Waals surface area contributed by atoms with E-state index in [1.54, 1.807) is 10.7 Å². The van der Waals surface area contributed by atoms with E-state index in [-0.39, 0.29) is 11.0 Å². The number of nitrogens with zero attached hydrogens (tertiary/aromatic N) is 5. The van der Waals surface area contributed by atoms with E-state index in [1.165, 1.54) is 24.4 Å². The number of rotatable bonds is 4. The molecular formula is C19H27N5OS. The summed E-state index contributed by atoms with van der Waals surface area (Å²) in [5.74, 6) is 2.15. The fourth-order valence-electron chi connectivity index (χ4n) is 3.39. The van der Waals surface area contributed by atoms with Crippen molar-refractivity contribution in [3.05, 3.63) is 34.0 Å². The first-order valence-corrected chi connectivity index (χ1v) is 10.3. The van der Waals surface area contributed by atoms with Crippen LogP contribution in [0.5, 0.6) is 0 Å². The Hall–Kier alpha value is -1.76. The predicted molar refractivity (Wildman–Crippen MR) is 104 cm³/mol. The van der Waals surface area contributed by atoms with E-state index in [0.29, 0.717) is 18.4 Å². The monoisotopic (exact) mass is 373 g/mol. The van der Waals surface area contributed by atoms with Crippen LogP contribution in [-0.2, 0) is 12.0 Å². The Morgan fingerprint density at radius 2 is 1.88 bits per heavy atom. The second-order valence-electron chi connectivity index (χ2n) is 8.63. The van der Waals surface area contributed by atoms with Crippen molar-refractivity contribution >= 4 is 16.7 Å². The molecule has 2 fully saturated rings. The van der Waals surface area contributed by atoms with Gasteiger partial charge < -0.3 is 4.90 Å². The molecule has 0 amide bonds. The van der Waals surface area contributed by atoms with Gasteiger partial charge in [0.25, 0.3) is 5.56 Å². The third-order valence-electron chi connectivity index (χ3n) is 5.32. The van der Waals surface area contributed by atoms with Gasteiger partial charge in [-0.3, -0.25) is 4.79 Å². The van der Waals surface area contributed by atoms with Crippen LogP contribution < -0.4 is 10.5 Å². The van der Waals surface area contributed by atoms with Crippen LogP contribution in [0.3, 0.4) is 0 Å². The summed E-state index contributed by atoms with van der Waals surface area (Å²) >= 11 is 1.53. The van der Waals surface area contributed by atoms with E-state index < -0.39 is 0 Å². The van der Waals surface area contributed by atoms with E-state index in [9.17, 15) is 4.79 Å². The third-order valence-corrected chi connectivity index (χ3v) is 6.12. The summed E-state index contributed by atoms with van der Waals surface area (Å²) in [7, 11) is 0. The highest BCUT2D eigenvalue weighted by Crippen LogP contribution is 2.40. The first-order valence-electron chi connectivity index (χ1n) is 9.57. The number of piperidine rings is 1. The average molecular weight is 374 g/mol. The summed E-state index contributed by atoms with van der Waals surface area (Å²) in [6.07, 6.45) is 4.61. The van der Waals surface area contributed by atoms with E-state index in [0.717, 1.165) is 42.6 Å². The third kappa shape index (κ3) is 3.82. The summed E-state index contributed by atoms with van der Waals surface area (Å²) in [5, 5.41) is 5.68. The second kappa shape index (κ2) is 6.76. The summed E-state index contributed by atoms with van der Waals surface area (Å²) in [6, 6.07) is 3.51. The Kier molecular flexibility index (Phi) is 4.59. The van der Waals surface area contributed by atoms with Gasteiger partial charge in [0.05, 0.1) is 5.69 Å². The van der Waals surface area contributed by atoms with Crippen molar-refractivity contribution in [2.24, 2.45) is 5.92 Å². The Morgan fingerprint density at radius 3 is 2.54 bits per heavy atom. The van der Waals surface area contributed by atoms with Crippen molar-refractivity contribution in [2.45, 2.75) is 64.3 Å². The van der Waals surface area contributed by atoms with Crippen molar-refractivity contribution < 1.29 is 0 Å². The Labute approximate surface area is 158 Å². The zero-order valence-corrected chi connectivity index (χ0v) is 16.6. The fraction of sp³-hybridized carbons (Fsp3) is 0.684. The SMILES string of the molecule is CC(C)(C)c1ccc(=O)n(CC2CCN(c3nc(C4CC4)ns3)CC2)n1. The Balaban J connectivity index is 1.38. The number of hydrogen-bond acceptors (Lipinski definition) is 6. The minimum absolute atomic E-state index is 0.00127. The molecule has 2 aromatic heterocycles. The summed E-state index contributed by atoms with van der Waals surface area (Å²) in [5.41, 5.74) is 0.922. The maximum Gasteiger partial charge on any atom is 0.266 e. The molecule has 7 heteroatoms. The van der Waals surface area contributed by atoms with Crippen LogP contribution in [0.4, 0.5) is 5.13 Å². The van der Waals surface area contributed by atoms with Crippen LogP contribution in [0.1, 0.15) is 63.9 Å². The molecule has 140 valence electrons. The lowest BCUT2D eigenvalue weighted by molar-refractivity contribution is 0.330. The van der Waals surface area contributed by atoms with E-state index in [1.807, 2.05) is 6.07 Å². The quantitative estimate of drug-likeness (QED) is 0.823. The number of aromatic nitrogens is 4. The predicted octanol–water partition coefficient (Wildman–Crippen LogP) is 3.19. The van der Waals surface area contributed by atoms with Gasteiger partial charge in [-0.25, -0.2) is 9.67 Å². The Bertz CT molecular complexity index is 825. The molecular weight excluding hydrogens is 346 g/mol. The molecule has 2 aromatic rings. The molecule has 2 aliphatic rings. The Morgan fingerprint density at radius 1 is 1.15 bits per heavy atom. The van der Waals surface area contributed by atoms with Crippen LogP contribution in [0, 0.1) is 5.92 Å². The van der Waals surface area contributed by atoms with Crippen molar-refractivity contribution in [3.63, 3.8) is 0 Å². The highest BCUT2D eigenvalue weighted by molar-refractivity contribution is 7.09. The van der Waals surface area contributed by atoms with Gasteiger partial charge in [0, 0.05) is 48.6 Å². The standard InChI is InChI=1S/C19H27N5OS/c1-19(2,3)15-6-7-16(25)24(21-15)12-13-8-10-23(11-9-13)18-20-17(22-26-18)14-4-5-14/h6-7,13-14H,4-5,8-12H2,1-3H3. The van der Waals surface area contributed by atoms with Crippen molar-refractivity contribution in [2.75, 3.05) is 18.0 Å². The molecule has 1 saturated carbocycles. The zero-order chi connectivity index (χ0) is 18.3. The van der Waals surface area contributed by atoms with Gasteiger partial charge in [0.1, 0.15) is 5.82 Å². The lowest BCUT2D eigenvalue weighted by atomic mass is 9.92. The van der Waals surface area contributed by atoms with Crippen molar-refractivity contribution in [1.29, 1.82) is 0 Å². The lowest BCUT2D eigenvalue weighted by Gasteiger charge is -2.31. The molecule has 0 aromatic carbocycles. The van der Waals surface area contributed by atoms with Gasteiger partial charge in [-0.05, 0) is 37.7 Å². The van der Waals surface area contributed by atoms with Gasteiger partial charge in [0.15, 0.2) is 0 Å². The molecule has 0 N–H and O–H groups in total. The smallest absolute Gasteiger partial charge is 0.266 e. The molecule has 1 aliphatic carbocycles. The first-order chi connectivity index (χ1) is 12.4. The molecule has 1 aliphatic heterocycles. The number of hydrogen-bond donors (Lipinski definition) is 0. The molecule has 6 nitrogen and oxygen atoms in total. The van der Waals surface area contributed by atoms with Gasteiger partial charge in [-0.15, -0.1) is 0 Å². The minimum atomic E-state index is -0.0457. The summed E-state index contributed by atoms with van der Waals surface area (Å²) in [4.78, 5) is 19.3. The molecule has 0 radical (unpaired) electrons. The highest BCUT2D eigenvalue weighted by atomic mass is 32.1. The fourth-order valence-corrected chi connectivity index (χ4v) is 4.19.